The van der Waals surface area contributed by atoms with Gasteiger partial charge < -0.3 is 16.4 Å². The summed E-state index contributed by atoms with van der Waals surface area (Å²) in [5.41, 5.74) is 8.01. The average molecular weight is 261 g/mol. The summed E-state index contributed by atoms with van der Waals surface area (Å²) in [4.78, 5) is 12.1. The van der Waals surface area contributed by atoms with Crippen LogP contribution in [0.1, 0.15) is 31.2 Å². The van der Waals surface area contributed by atoms with Crippen molar-refractivity contribution in [2.45, 2.75) is 38.3 Å². The van der Waals surface area contributed by atoms with Crippen molar-refractivity contribution in [2.75, 3.05) is 12.4 Å². The Balaban J connectivity index is 1.94. The van der Waals surface area contributed by atoms with Crippen molar-refractivity contribution in [2.24, 2.45) is 11.7 Å². The number of para-hydroxylation sites is 1. The highest BCUT2D eigenvalue weighted by molar-refractivity contribution is 5.91. The van der Waals surface area contributed by atoms with E-state index in [-0.39, 0.29) is 11.9 Å². The molecule has 2 atom stereocenters. The Bertz CT molecular complexity index is 433. The fraction of sp³-hybridized carbons (Fsp3) is 0.533. The molecule has 1 aromatic carbocycles. The largest absolute Gasteiger partial charge is 0.327 e. The van der Waals surface area contributed by atoms with Crippen molar-refractivity contribution in [3.63, 3.8) is 0 Å². The maximum absolute atomic E-state index is 12.1. The third-order valence-electron chi connectivity index (χ3n) is 3.82. The van der Waals surface area contributed by atoms with Crippen LogP contribution in [0.5, 0.6) is 0 Å². The van der Waals surface area contributed by atoms with Crippen molar-refractivity contribution < 1.29 is 4.79 Å². The summed E-state index contributed by atoms with van der Waals surface area (Å²) >= 11 is 0. The van der Waals surface area contributed by atoms with E-state index in [4.69, 9.17) is 5.73 Å². The lowest BCUT2D eigenvalue weighted by Gasteiger charge is -2.16. The van der Waals surface area contributed by atoms with Gasteiger partial charge >= 0.3 is 0 Å². The van der Waals surface area contributed by atoms with Gasteiger partial charge in [0.1, 0.15) is 0 Å². The van der Waals surface area contributed by atoms with Crippen LogP contribution in [0.15, 0.2) is 24.3 Å². The number of anilines is 1. The first-order chi connectivity index (χ1) is 9.20. The molecule has 2 rings (SSSR count). The van der Waals surface area contributed by atoms with E-state index in [0.29, 0.717) is 12.3 Å². The van der Waals surface area contributed by atoms with Crippen LogP contribution in [0.25, 0.3) is 0 Å². The molecule has 4 N–H and O–H groups in total. The van der Waals surface area contributed by atoms with Crippen molar-refractivity contribution in [3.05, 3.63) is 29.8 Å². The minimum absolute atomic E-state index is 0.0749. The zero-order valence-electron chi connectivity index (χ0n) is 11.5. The Morgan fingerprint density at radius 1 is 1.37 bits per heavy atom. The topological polar surface area (TPSA) is 67.1 Å². The molecule has 0 heterocycles. The molecule has 19 heavy (non-hydrogen) atoms. The number of hydrogen-bond acceptors (Lipinski definition) is 3. The number of amides is 1. The second-order valence-electron chi connectivity index (χ2n) is 5.29. The Morgan fingerprint density at radius 2 is 2.16 bits per heavy atom. The van der Waals surface area contributed by atoms with Crippen LogP contribution in [-0.2, 0) is 11.3 Å². The van der Waals surface area contributed by atoms with Crippen molar-refractivity contribution >= 4 is 11.6 Å². The third-order valence-corrected chi connectivity index (χ3v) is 3.82. The van der Waals surface area contributed by atoms with Gasteiger partial charge in [-0.2, -0.15) is 0 Å². The second kappa shape index (κ2) is 6.68. The molecular formula is C15H23N3O. The monoisotopic (exact) mass is 261 g/mol. The van der Waals surface area contributed by atoms with Crippen LogP contribution >= 0.6 is 0 Å². The highest BCUT2D eigenvalue weighted by Crippen LogP contribution is 2.27. The summed E-state index contributed by atoms with van der Waals surface area (Å²) in [7, 11) is 1.90. The molecule has 0 unspecified atom stereocenters. The normalized spacial score (nSPS) is 22.4. The molecule has 1 aliphatic carbocycles. The molecule has 0 spiro atoms. The molecule has 4 nitrogen and oxygen atoms in total. The lowest BCUT2D eigenvalue weighted by molar-refractivity contribution is -0.117. The van der Waals surface area contributed by atoms with E-state index in [2.05, 4.69) is 10.6 Å². The number of nitrogens with one attached hydrogen (secondary N) is 2. The minimum atomic E-state index is 0.0749. The summed E-state index contributed by atoms with van der Waals surface area (Å²) in [6.45, 7) is 0.749. The maximum atomic E-state index is 12.1. The van der Waals surface area contributed by atoms with Gasteiger partial charge in [-0.15, -0.1) is 0 Å². The lowest BCUT2D eigenvalue weighted by atomic mass is 10.00. The second-order valence-corrected chi connectivity index (χ2v) is 5.29. The number of benzene rings is 1. The predicted octanol–water partition coefficient (Wildman–Crippen LogP) is 1.86. The van der Waals surface area contributed by atoms with Crippen molar-refractivity contribution in [3.8, 4) is 0 Å². The van der Waals surface area contributed by atoms with Gasteiger partial charge in [0, 0.05) is 24.7 Å². The Labute approximate surface area is 114 Å². The number of carbonyl (C=O) groups excluding carboxylic acids is 1. The number of hydrogen-bond donors (Lipinski definition) is 3. The third kappa shape index (κ3) is 3.78. The smallest absolute Gasteiger partial charge is 0.224 e. The van der Waals surface area contributed by atoms with Crippen LogP contribution in [0.4, 0.5) is 5.69 Å². The molecule has 1 amide bonds. The van der Waals surface area contributed by atoms with Gasteiger partial charge in [-0.3, -0.25) is 4.79 Å². The highest BCUT2D eigenvalue weighted by Gasteiger charge is 2.26. The summed E-state index contributed by atoms with van der Waals surface area (Å²) in [6.07, 6.45) is 3.81. The van der Waals surface area contributed by atoms with Crippen LogP contribution < -0.4 is 16.4 Å². The summed E-state index contributed by atoms with van der Waals surface area (Å²) < 4.78 is 0. The van der Waals surface area contributed by atoms with Crippen LogP contribution in [0.2, 0.25) is 0 Å². The highest BCUT2D eigenvalue weighted by atomic mass is 16.1. The van der Waals surface area contributed by atoms with Gasteiger partial charge in [-0.05, 0) is 37.4 Å². The van der Waals surface area contributed by atoms with Crippen molar-refractivity contribution in [1.82, 2.24) is 5.32 Å². The number of rotatable bonds is 5. The molecule has 1 saturated carbocycles. The zero-order valence-corrected chi connectivity index (χ0v) is 11.5. The van der Waals surface area contributed by atoms with E-state index < -0.39 is 0 Å². The first-order valence-electron chi connectivity index (χ1n) is 6.98. The van der Waals surface area contributed by atoms with E-state index >= 15 is 0 Å². The summed E-state index contributed by atoms with van der Waals surface area (Å²) in [5, 5.41) is 6.11. The molecule has 0 aliphatic heterocycles. The molecule has 1 fully saturated rings. The van der Waals surface area contributed by atoms with Crippen LogP contribution in [0.3, 0.4) is 0 Å². The van der Waals surface area contributed by atoms with Gasteiger partial charge in [0.05, 0.1) is 0 Å². The Kier molecular flexibility index (Phi) is 4.93. The summed E-state index contributed by atoms with van der Waals surface area (Å²) in [6, 6.07) is 8.08. The van der Waals surface area contributed by atoms with Gasteiger partial charge in [-0.25, -0.2) is 0 Å². The van der Waals surface area contributed by atoms with E-state index in [1.807, 2.05) is 31.3 Å². The average Bonchev–Trinajstić information content (AvgIpc) is 2.78. The molecule has 1 aromatic rings. The van der Waals surface area contributed by atoms with Crippen molar-refractivity contribution in [1.29, 1.82) is 0 Å². The molecule has 0 saturated heterocycles. The maximum Gasteiger partial charge on any atom is 0.224 e. The van der Waals surface area contributed by atoms with Gasteiger partial charge in [0.2, 0.25) is 5.91 Å². The molecule has 0 bridgehead atoms. The molecule has 0 radical (unpaired) electrons. The molecular weight excluding hydrogens is 238 g/mol. The fourth-order valence-corrected chi connectivity index (χ4v) is 2.75. The fourth-order valence-electron chi connectivity index (χ4n) is 2.75. The quantitative estimate of drug-likeness (QED) is 0.758. The van der Waals surface area contributed by atoms with E-state index in [9.17, 15) is 4.79 Å². The van der Waals surface area contributed by atoms with Crippen LogP contribution in [0, 0.1) is 5.92 Å². The zero-order chi connectivity index (χ0) is 13.7. The lowest BCUT2D eigenvalue weighted by Crippen LogP contribution is -2.28. The predicted molar refractivity (Wildman–Crippen MR) is 77.8 cm³/mol. The van der Waals surface area contributed by atoms with Gasteiger partial charge in [-0.1, -0.05) is 24.6 Å². The van der Waals surface area contributed by atoms with Gasteiger partial charge in [0.25, 0.3) is 0 Å². The van der Waals surface area contributed by atoms with E-state index in [0.717, 1.165) is 37.1 Å². The van der Waals surface area contributed by atoms with E-state index in [1.165, 1.54) is 0 Å². The Morgan fingerprint density at radius 3 is 2.84 bits per heavy atom. The van der Waals surface area contributed by atoms with Gasteiger partial charge in [0.15, 0.2) is 0 Å². The SMILES string of the molecule is CNCc1ccccc1NC(=O)C[C@@H]1CCC[C@H]1N. The van der Waals surface area contributed by atoms with Crippen LogP contribution in [-0.4, -0.2) is 19.0 Å². The molecule has 1 aliphatic rings. The standard InChI is InChI=1S/C15H23N3O/c1-17-10-12-5-2-3-8-14(12)18-15(19)9-11-6-4-7-13(11)16/h2-3,5,8,11,13,17H,4,6-7,9-10,16H2,1H3,(H,18,19)/t11-,13+/m0/s1. The number of carbonyl (C=O) groups is 1. The number of nitrogens with two attached hydrogens (primary N) is 1. The molecule has 0 aromatic heterocycles. The summed E-state index contributed by atoms with van der Waals surface area (Å²) in [5.74, 6) is 0.419. The first kappa shape index (κ1) is 14.0. The first-order valence-corrected chi connectivity index (χ1v) is 6.98. The minimum Gasteiger partial charge on any atom is -0.327 e. The van der Waals surface area contributed by atoms with E-state index in [1.54, 1.807) is 0 Å². The Hall–Kier alpha value is -1.39. The molecule has 104 valence electrons. The molecule has 4 heteroatoms.